The molecule has 11 nitrogen and oxygen atoms in total. The molecule has 0 N–H and O–H groups in total. The number of benzene rings is 15. The Balaban J connectivity index is 0.000000104. The van der Waals surface area contributed by atoms with Crippen LogP contribution in [-0.2, 0) is 13.7 Å². The standard InChI is InChI=1S/2C36H22N3OP.C31H19N2OP/c40-41(24-11-2-1-3-12-24)32-17-7-5-13-25(32)26-18-19-30-33(36(26)41)27-14-4-6-16-29(27)39(30)31-22-23-10-8-20-37-34(23)35-28(31)15-9-21-38-35;40-41(24-10-2-1-3-11-24)32-15-7-5-12-25(32)26-18-19-31-33(36(26)41)27-13-4-6-14-29(27)39(31)30-20-22-38-35-28(30)17-16-23-9-8-21-37-34(23)35;1-32-21-15-17-22(18-16-21)33-27-13-7-5-12-26(27)30-28(33)20-19-25-24-11-6-8-14-29(24)35(34,31(25)30)23-9-3-2-4-10-23/h2*1-22H;2-20H. The van der Waals surface area contributed by atoms with E-state index < -0.39 is 21.4 Å². The van der Waals surface area contributed by atoms with Crippen LogP contribution in [0.3, 0.4) is 0 Å². The minimum absolute atomic E-state index is 0.611. The zero-order valence-electron chi connectivity index (χ0n) is 62.5. The van der Waals surface area contributed by atoms with Gasteiger partial charge in [-0.05, 0) is 124 Å². The molecule has 3 atom stereocenters. The van der Waals surface area contributed by atoms with Gasteiger partial charge in [-0.15, -0.1) is 0 Å². The first-order valence-electron chi connectivity index (χ1n) is 38.9. The molecular formula is C103H63N8O3P3. The molecule has 14 heteroatoms. The molecule has 0 spiro atoms. The summed E-state index contributed by atoms with van der Waals surface area (Å²) < 4.78 is 53.4. The molecule has 117 heavy (non-hydrogen) atoms. The van der Waals surface area contributed by atoms with Crippen LogP contribution in [0, 0.1) is 6.57 Å². The Labute approximate surface area is 671 Å². The lowest BCUT2D eigenvalue weighted by molar-refractivity contribution is 0.592. The van der Waals surface area contributed by atoms with E-state index in [1.54, 1.807) is 0 Å². The fraction of sp³-hybridized carbons (Fsp3) is 0. The molecule has 0 radical (unpaired) electrons. The van der Waals surface area contributed by atoms with Gasteiger partial charge < -0.3 is 27.4 Å². The van der Waals surface area contributed by atoms with Gasteiger partial charge >= 0.3 is 0 Å². The predicted octanol–water partition coefficient (Wildman–Crippen LogP) is 22.0. The van der Waals surface area contributed by atoms with E-state index in [0.29, 0.717) is 5.69 Å². The maximum atomic E-state index is 15.6. The fourth-order valence-electron chi connectivity index (χ4n) is 19.1. The first-order chi connectivity index (χ1) is 57.7. The van der Waals surface area contributed by atoms with Crippen molar-refractivity contribution in [3.8, 4) is 50.4 Å². The molecular weight excluding hydrogens is 1490 g/mol. The highest BCUT2D eigenvalue weighted by molar-refractivity contribution is 7.88. The lowest BCUT2D eigenvalue weighted by Gasteiger charge is -2.17. The Morgan fingerprint density at radius 2 is 0.615 bits per heavy atom. The topological polar surface area (TPSA) is 122 Å². The van der Waals surface area contributed by atoms with E-state index in [1.165, 1.54) is 0 Å². The molecule has 3 unspecified atom stereocenters. The molecule has 0 saturated carbocycles. The van der Waals surface area contributed by atoms with Crippen molar-refractivity contribution in [3.63, 3.8) is 0 Å². The normalized spacial score (nSPS) is 16.1. The first kappa shape index (κ1) is 68.1. The third-order valence-electron chi connectivity index (χ3n) is 24.0. The Hall–Kier alpha value is -14.5. The van der Waals surface area contributed by atoms with E-state index in [4.69, 9.17) is 16.5 Å². The van der Waals surface area contributed by atoms with Gasteiger partial charge in [-0.2, -0.15) is 0 Å². The largest absolute Gasteiger partial charge is 0.309 e. The summed E-state index contributed by atoms with van der Waals surface area (Å²) in [5.41, 5.74) is 19.8. The lowest BCUT2D eigenvalue weighted by atomic mass is 10.0. The molecule has 0 fully saturated rings. The van der Waals surface area contributed by atoms with Gasteiger partial charge in [-0.3, -0.25) is 19.9 Å². The van der Waals surface area contributed by atoms with E-state index in [9.17, 15) is 0 Å². The summed E-state index contributed by atoms with van der Waals surface area (Å²) in [6.07, 6.45) is 7.33. The number of fused-ring (bicyclic) bond motifs is 27. The quantitative estimate of drug-likeness (QED) is 0.0923. The van der Waals surface area contributed by atoms with Gasteiger partial charge in [0.15, 0.2) is 27.1 Å². The monoisotopic (exact) mass is 1550 g/mol. The summed E-state index contributed by atoms with van der Waals surface area (Å²) in [7, 11) is -9.40. The van der Waals surface area contributed by atoms with Crippen molar-refractivity contribution in [1.29, 1.82) is 0 Å². The molecule has 10 heterocycles. The maximum absolute atomic E-state index is 15.6. The number of hydrogen-bond donors (Lipinski definition) is 0. The molecule has 0 amide bonds. The smallest absolute Gasteiger partial charge is 0.187 e. The molecule has 0 bridgehead atoms. The Morgan fingerprint density at radius 1 is 0.256 bits per heavy atom. The van der Waals surface area contributed by atoms with Crippen molar-refractivity contribution in [2.24, 2.45) is 0 Å². The van der Waals surface area contributed by atoms with Gasteiger partial charge in [0.2, 0.25) is 0 Å². The molecule has 0 aliphatic carbocycles. The van der Waals surface area contributed by atoms with Gasteiger partial charge in [0.1, 0.15) is 0 Å². The van der Waals surface area contributed by atoms with Crippen molar-refractivity contribution in [2.75, 3.05) is 0 Å². The predicted molar refractivity (Wildman–Crippen MR) is 485 cm³/mol. The van der Waals surface area contributed by atoms with E-state index in [0.717, 1.165) is 207 Å². The Bertz CT molecular complexity index is 8190. The molecule has 0 saturated heterocycles. The second kappa shape index (κ2) is 26.3. The Morgan fingerprint density at radius 3 is 1.09 bits per heavy atom. The van der Waals surface area contributed by atoms with Crippen molar-refractivity contribution in [2.45, 2.75) is 0 Å². The van der Waals surface area contributed by atoms with Crippen LogP contribution >= 0.6 is 21.4 Å². The zero-order chi connectivity index (χ0) is 77.8. The lowest BCUT2D eigenvalue weighted by Crippen LogP contribution is -2.21. The summed E-state index contributed by atoms with van der Waals surface area (Å²) in [5.74, 6) is 0. The second-order valence-electron chi connectivity index (χ2n) is 29.9. The zero-order valence-corrected chi connectivity index (χ0v) is 65.2. The summed E-state index contributed by atoms with van der Waals surface area (Å²) in [6.45, 7) is 7.31. The Kier molecular flexibility index (Phi) is 15.3. The van der Waals surface area contributed by atoms with Gasteiger partial charge in [0.25, 0.3) is 0 Å². The highest BCUT2D eigenvalue weighted by Crippen LogP contribution is 2.59. The maximum Gasteiger partial charge on any atom is 0.187 e. The number of aromatic nitrogens is 7. The molecule has 7 aromatic heterocycles. The molecule has 25 rings (SSSR count). The SMILES string of the molecule is O=P1(c2ccccc2)c2ccccc2-c2ccc3c(c21)c1ccccc1n3-c1cc2cccnc2c2ncccc12.O=P1(c2ccccc2)c2ccccc2-c2ccc3c(c21)c1ccccc1n3-c1ccnc2c1ccc1cccnc12.[C-]#[N+]c1ccc(-n2c3ccccc3c3c4c(ccc32)-c2ccccc2P4(=O)c2ccccc2)cc1. The summed E-state index contributed by atoms with van der Waals surface area (Å²) >= 11 is 0. The van der Waals surface area contributed by atoms with Crippen molar-refractivity contribution in [3.05, 3.63) is 394 Å². The third kappa shape index (κ3) is 9.79. The van der Waals surface area contributed by atoms with Crippen molar-refractivity contribution in [1.82, 2.24) is 33.6 Å². The first-order valence-corrected chi connectivity index (χ1v) is 44.0. The summed E-state index contributed by atoms with van der Waals surface area (Å²) in [4.78, 5) is 22.4. The van der Waals surface area contributed by atoms with Crippen LogP contribution in [0.25, 0.3) is 164 Å². The van der Waals surface area contributed by atoms with E-state index in [2.05, 4.69) is 186 Å². The molecule has 22 aromatic rings. The van der Waals surface area contributed by atoms with Gasteiger partial charge in [0.05, 0.1) is 73.1 Å². The van der Waals surface area contributed by atoms with Crippen LogP contribution in [0.2, 0.25) is 0 Å². The number of hydrogen-bond acceptors (Lipinski definition) is 7. The molecule has 15 aromatic carbocycles. The number of nitrogens with zero attached hydrogens (tertiary/aromatic N) is 8. The van der Waals surface area contributed by atoms with E-state index in [-0.39, 0.29) is 0 Å². The minimum atomic E-state index is -3.15. The number of para-hydroxylation sites is 3. The third-order valence-corrected chi connectivity index (χ3v) is 33.5. The van der Waals surface area contributed by atoms with E-state index >= 15 is 13.7 Å². The van der Waals surface area contributed by atoms with Gasteiger partial charge in [0, 0.05) is 132 Å². The van der Waals surface area contributed by atoms with Crippen LogP contribution in [0.5, 0.6) is 0 Å². The van der Waals surface area contributed by atoms with Crippen LogP contribution in [0.15, 0.2) is 383 Å². The van der Waals surface area contributed by atoms with Crippen molar-refractivity contribution < 1.29 is 13.7 Å². The summed E-state index contributed by atoms with van der Waals surface area (Å²) in [6, 6.07) is 121. The average molecular weight is 1550 g/mol. The molecule has 548 valence electrons. The van der Waals surface area contributed by atoms with Gasteiger partial charge in [-0.25, -0.2) is 4.85 Å². The highest BCUT2D eigenvalue weighted by atomic mass is 31.2. The van der Waals surface area contributed by atoms with E-state index in [1.807, 2.05) is 225 Å². The number of pyridine rings is 4. The fourth-order valence-corrected chi connectivity index (χ4v) is 29.0. The highest BCUT2D eigenvalue weighted by Gasteiger charge is 2.46. The molecule has 3 aliphatic heterocycles. The minimum Gasteiger partial charge on any atom is -0.309 e. The van der Waals surface area contributed by atoms with Crippen molar-refractivity contribution >= 4 is 184 Å². The number of rotatable bonds is 6. The van der Waals surface area contributed by atoms with Crippen LogP contribution in [-0.4, -0.2) is 33.6 Å². The van der Waals surface area contributed by atoms with Gasteiger partial charge in [-0.1, -0.05) is 267 Å². The average Bonchev–Trinajstić information content (AvgIpc) is 1.54. The van der Waals surface area contributed by atoms with Crippen LogP contribution < -0.4 is 47.7 Å². The van der Waals surface area contributed by atoms with Crippen LogP contribution in [0.1, 0.15) is 0 Å². The molecule has 3 aliphatic rings. The second-order valence-corrected chi connectivity index (χ2v) is 37.9. The summed E-state index contributed by atoms with van der Waals surface area (Å²) in [5, 5.41) is 18.6. The van der Waals surface area contributed by atoms with Crippen LogP contribution in [0.4, 0.5) is 5.69 Å².